The Morgan fingerprint density at radius 2 is 2.59 bits per heavy atom. The fourth-order valence-corrected chi connectivity index (χ4v) is 3.47. The van der Waals surface area contributed by atoms with Crippen LogP contribution in [0, 0.1) is 0 Å². The van der Waals surface area contributed by atoms with Gasteiger partial charge >= 0.3 is 0 Å². The molecule has 7 heteroatoms. The van der Waals surface area contributed by atoms with Crippen LogP contribution in [0.4, 0.5) is 5.13 Å². The lowest BCUT2D eigenvalue weighted by Crippen LogP contribution is -2.42. The number of hydrogen-bond donors (Lipinski definition) is 1. The van der Waals surface area contributed by atoms with Crippen LogP contribution in [-0.4, -0.2) is 51.6 Å². The molecule has 1 N–H and O–H groups in total. The molecule has 1 atom stereocenters. The maximum absolute atomic E-state index is 11.8. The standard InChI is InChI=1S/C10H16N4OS2/c1-2-8-5-14(3-4-16-8)6-9(15)12-10-13-11-7-17-10/h7-8H,2-6H2,1H3,(H,12,13,15)/t8-/m1/s1. The molecule has 1 aromatic rings. The first kappa shape index (κ1) is 12.8. The third kappa shape index (κ3) is 3.93. The maximum Gasteiger partial charge on any atom is 0.240 e. The second-order valence-electron chi connectivity index (χ2n) is 3.93. The van der Waals surface area contributed by atoms with Crippen molar-refractivity contribution in [3.8, 4) is 0 Å². The minimum Gasteiger partial charge on any atom is -0.299 e. The van der Waals surface area contributed by atoms with Gasteiger partial charge in [-0.15, -0.1) is 10.2 Å². The van der Waals surface area contributed by atoms with Crippen molar-refractivity contribution in [2.45, 2.75) is 18.6 Å². The molecular weight excluding hydrogens is 256 g/mol. The molecule has 1 saturated heterocycles. The van der Waals surface area contributed by atoms with E-state index in [1.54, 1.807) is 5.51 Å². The summed E-state index contributed by atoms with van der Waals surface area (Å²) in [7, 11) is 0. The van der Waals surface area contributed by atoms with Gasteiger partial charge < -0.3 is 0 Å². The largest absolute Gasteiger partial charge is 0.299 e. The average Bonchev–Trinajstić information content (AvgIpc) is 2.82. The number of anilines is 1. The number of nitrogens with zero attached hydrogens (tertiary/aromatic N) is 3. The first-order valence-corrected chi connectivity index (χ1v) is 7.60. The normalized spacial score (nSPS) is 21.4. The molecule has 94 valence electrons. The second-order valence-corrected chi connectivity index (χ2v) is 6.17. The smallest absolute Gasteiger partial charge is 0.240 e. The molecule has 0 bridgehead atoms. The summed E-state index contributed by atoms with van der Waals surface area (Å²) < 4.78 is 0. The van der Waals surface area contributed by atoms with Crippen LogP contribution in [0.5, 0.6) is 0 Å². The molecule has 1 fully saturated rings. The number of rotatable bonds is 4. The summed E-state index contributed by atoms with van der Waals surface area (Å²) in [5, 5.41) is 11.5. The second kappa shape index (κ2) is 6.32. The van der Waals surface area contributed by atoms with Gasteiger partial charge in [-0.25, -0.2) is 0 Å². The van der Waals surface area contributed by atoms with E-state index in [4.69, 9.17) is 0 Å². The van der Waals surface area contributed by atoms with Crippen LogP contribution in [0.15, 0.2) is 5.51 Å². The highest BCUT2D eigenvalue weighted by molar-refractivity contribution is 8.00. The van der Waals surface area contributed by atoms with Crippen LogP contribution in [0.3, 0.4) is 0 Å². The Morgan fingerprint density at radius 3 is 3.29 bits per heavy atom. The zero-order valence-electron chi connectivity index (χ0n) is 9.76. The lowest BCUT2D eigenvalue weighted by Gasteiger charge is -2.31. The molecule has 17 heavy (non-hydrogen) atoms. The highest BCUT2D eigenvalue weighted by Gasteiger charge is 2.20. The number of amides is 1. The molecule has 0 aromatic carbocycles. The molecule has 2 rings (SSSR count). The molecule has 0 unspecified atom stereocenters. The minimum absolute atomic E-state index is 0.00324. The Bertz CT molecular complexity index is 357. The van der Waals surface area contributed by atoms with E-state index in [0.717, 1.165) is 18.8 Å². The van der Waals surface area contributed by atoms with Gasteiger partial charge in [-0.3, -0.25) is 15.0 Å². The van der Waals surface area contributed by atoms with Crippen molar-refractivity contribution in [3.63, 3.8) is 0 Å². The molecule has 5 nitrogen and oxygen atoms in total. The Hall–Kier alpha value is -0.660. The van der Waals surface area contributed by atoms with Crippen LogP contribution in [0.2, 0.25) is 0 Å². The SMILES string of the molecule is CC[C@@H]1CN(CC(=O)Nc2nncs2)CCS1. The van der Waals surface area contributed by atoms with Crippen molar-refractivity contribution >= 4 is 34.1 Å². The predicted molar refractivity (Wildman–Crippen MR) is 71.5 cm³/mol. The molecule has 0 spiro atoms. The molecule has 1 amide bonds. The van der Waals surface area contributed by atoms with Crippen molar-refractivity contribution in [1.29, 1.82) is 0 Å². The summed E-state index contributed by atoms with van der Waals surface area (Å²) in [6, 6.07) is 0. The topological polar surface area (TPSA) is 58.1 Å². The minimum atomic E-state index is 0.00324. The highest BCUT2D eigenvalue weighted by atomic mass is 32.2. The van der Waals surface area contributed by atoms with E-state index in [2.05, 4.69) is 27.3 Å². The van der Waals surface area contributed by atoms with Crippen LogP contribution in [-0.2, 0) is 4.79 Å². The Labute approximate surface area is 109 Å². The van der Waals surface area contributed by atoms with Gasteiger partial charge in [0.1, 0.15) is 5.51 Å². The highest BCUT2D eigenvalue weighted by Crippen LogP contribution is 2.20. The summed E-state index contributed by atoms with van der Waals surface area (Å²) in [6.45, 7) is 4.65. The quantitative estimate of drug-likeness (QED) is 0.895. The molecule has 1 aliphatic rings. The van der Waals surface area contributed by atoms with Gasteiger partial charge in [-0.1, -0.05) is 18.3 Å². The van der Waals surface area contributed by atoms with E-state index < -0.39 is 0 Å². The fourth-order valence-electron chi connectivity index (χ4n) is 1.76. The lowest BCUT2D eigenvalue weighted by molar-refractivity contribution is -0.117. The summed E-state index contributed by atoms with van der Waals surface area (Å²) >= 11 is 3.35. The molecule has 1 aromatic heterocycles. The monoisotopic (exact) mass is 272 g/mol. The van der Waals surface area contributed by atoms with Crippen LogP contribution < -0.4 is 5.32 Å². The van der Waals surface area contributed by atoms with E-state index in [9.17, 15) is 4.79 Å². The van der Waals surface area contributed by atoms with E-state index in [1.807, 2.05) is 11.8 Å². The third-order valence-corrected chi connectivity index (χ3v) is 4.63. The predicted octanol–water partition coefficient (Wildman–Crippen LogP) is 1.30. The number of nitrogens with one attached hydrogen (secondary N) is 1. The summed E-state index contributed by atoms with van der Waals surface area (Å²) in [4.78, 5) is 14.0. The Kier molecular flexibility index (Phi) is 4.75. The van der Waals surface area contributed by atoms with Gasteiger partial charge in [-0.05, 0) is 6.42 Å². The van der Waals surface area contributed by atoms with Crippen LogP contribution in [0.25, 0.3) is 0 Å². The Balaban J connectivity index is 1.78. The number of carbonyl (C=O) groups excluding carboxylic acids is 1. The van der Waals surface area contributed by atoms with Crippen LogP contribution in [0.1, 0.15) is 13.3 Å². The Morgan fingerprint density at radius 1 is 1.71 bits per heavy atom. The maximum atomic E-state index is 11.8. The lowest BCUT2D eigenvalue weighted by atomic mass is 10.3. The van der Waals surface area contributed by atoms with Gasteiger partial charge in [0.05, 0.1) is 6.54 Å². The van der Waals surface area contributed by atoms with Crippen molar-refractivity contribution in [3.05, 3.63) is 5.51 Å². The van der Waals surface area contributed by atoms with Crippen molar-refractivity contribution < 1.29 is 4.79 Å². The van der Waals surface area contributed by atoms with Gasteiger partial charge in [0, 0.05) is 24.1 Å². The van der Waals surface area contributed by atoms with E-state index in [0.29, 0.717) is 16.9 Å². The van der Waals surface area contributed by atoms with Crippen molar-refractivity contribution in [1.82, 2.24) is 15.1 Å². The number of hydrogen-bond acceptors (Lipinski definition) is 6. The molecule has 0 radical (unpaired) electrons. The number of aromatic nitrogens is 2. The summed E-state index contributed by atoms with van der Waals surface area (Å²) in [5.74, 6) is 1.12. The first-order chi connectivity index (χ1) is 8.28. The van der Waals surface area contributed by atoms with Gasteiger partial charge in [0.25, 0.3) is 0 Å². The van der Waals surface area contributed by atoms with Gasteiger partial charge in [0.2, 0.25) is 11.0 Å². The molecule has 0 saturated carbocycles. The van der Waals surface area contributed by atoms with Gasteiger partial charge in [-0.2, -0.15) is 11.8 Å². The van der Waals surface area contributed by atoms with Crippen molar-refractivity contribution in [2.75, 3.05) is 30.7 Å². The van der Waals surface area contributed by atoms with Crippen LogP contribution >= 0.6 is 23.1 Å². The first-order valence-electron chi connectivity index (χ1n) is 5.68. The molecule has 0 aliphatic carbocycles. The van der Waals surface area contributed by atoms with E-state index in [-0.39, 0.29) is 5.91 Å². The molecular formula is C10H16N4OS2. The van der Waals surface area contributed by atoms with Gasteiger partial charge in [0.15, 0.2) is 0 Å². The van der Waals surface area contributed by atoms with Crippen molar-refractivity contribution in [2.24, 2.45) is 0 Å². The zero-order valence-corrected chi connectivity index (χ0v) is 11.4. The molecule has 2 heterocycles. The average molecular weight is 272 g/mol. The fraction of sp³-hybridized carbons (Fsp3) is 0.700. The van der Waals surface area contributed by atoms with E-state index in [1.165, 1.54) is 17.8 Å². The third-order valence-electron chi connectivity index (χ3n) is 2.65. The summed E-state index contributed by atoms with van der Waals surface area (Å²) in [6.07, 6.45) is 1.17. The number of carbonyl (C=O) groups is 1. The number of thioether (sulfide) groups is 1. The zero-order chi connectivity index (χ0) is 12.1. The molecule has 1 aliphatic heterocycles. The van der Waals surface area contributed by atoms with E-state index >= 15 is 0 Å². The summed E-state index contributed by atoms with van der Waals surface area (Å²) in [5.41, 5.74) is 1.61.